The minimum Gasteiger partial charge on any atom is -0.464 e. The van der Waals surface area contributed by atoms with Crippen molar-refractivity contribution in [1.29, 1.82) is 0 Å². The molecule has 4 heterocycles. The smallest absolute Gasteiger partial charge is 0.253 e. The topological polar surface area (TPSA) is 49.2 Å². The molecule has 1 aromatic heterocycles. The molecule has 0 spiro atoms. The molecule has 0 N–H and O–H groups in total. The largest absolute Gasteiger partial charge is 0.464 e. The molecule has 0 saturated carbocycles. The van der Waals surface area contributed by atoms with Crippen molar-refractivity contribution >= 4 is 22.6 Å². The SMILES string of the molecule is O=C(c1ccc(N2CCOCC2)cc1)N1CCC(CCN2CCC(c3coc4ccccc34)CC2)CC1. The van der Waals surface area contributed by atoms with Crippen LogP contribution in [-0.2, 0) is 4.74 Å². The molecule has 196 valence electrons. The van der Waals surface area contributed by atoms with Gasteiger partial charge in [-0.2, -0.15) is 0 Å². The maximum Gasteiger partial charge on any atom is 0.253 e. The van der Waals surface area contributed by atoms with E-state index < -0.39 is 0 Å². The highest BCUT2D eigenvalue weighted by Gasteiger charge is 2.26. The summed E-state index contributed by atoms with van der Waals surface area (Å²) in [7, 11) is 0. The molecule has 3 fully saturated rings. The Hall–Kier alpha value is -2.83. The minimum absolute atomic E-state index is 0.181. The number of likely N-dealkylation sites (tertiary alicyclic amines) is 2. The van der Waals surface area contributed by atoms with E-state index in [1.165, 1.54) is 55.5 Å². The lowest BCUT2D eigenvalue weighted by molar-refractivity contribution is 0.0678. The first-order chi connectivity index (χ1) is 18.2. The van der Waals surface area contributed by atoms with Gasteiger partial charge < -0.3 is 23.9 Å². The van der Waals surface area contributed by atoms with E-state index in [0.717, 1.165) is 69.3 Å². The molecule has 3 aliphatic rings. The van der Waals surface area contributed by atoms with Crippen molar-refractivity contribution in [2.75, 3.05) is 63.9 Å². The lowest BCUT2D eigenvalue weighted by atomic mass is 9.88. The van der Waals surface area contributed by atoms with Crippen LogP contribution in [0.3, 0.4) is 0 Å². The Balaban J connectivity index is 0.930. The van der Waals surface area contributed by atoms with Gasteiger partial charge in [0.05, 0.1) is 19.5 Å². The molecule has 0 radical (unpaired) electrons. The number of hydrogen-bond acceptors (Lipinski definition) is 5. The first kappa shape index (κ1) is 24.5. The van der Waals surface area contributed by atoms with Gasteiger partial charge in [0, 0.05) is 48.4 Å². The summed E-state index contributed by atoms with van der Waals surface area (Å²) in [5.74, 6) is 1.51. The van der Waals surface area contributed by atoms with E-state index >= 15 is 0 Å². The first-order valence-corrected chi connectivity index (χ1v) is 14.1. The van der Waals surface area contributed by atoms with Crippen LogP contribution in [0.5, 0.6) is 0 Å². The molecule has 6 heteroatoms. The van der Waals surface area contributed by atoms with Crippen molar-refractivity contribution in [2.24, 2.45) is 5.92 Å². The van der Waals surface area contributed by atoms with Gasteiger partial charge >= 0.3 is 0 Å². The van der Waals surface area contributed by atoms with Gasteiger partial charge in [0.2, 0.25) is 0 Å². The third-order valence-corrected chi connectivity index (χ3v) is 8.78. The summed E-state index contributed by atoms with van der Waals surface area (Å²) >= 11 is 0. The van der Waals surface area contributed by atoms with Gasteiger partial charge in [-0.1, -0.05) is 18.2 Å². The number of nitrogens with zero attached hydrogens (tertiary/aromatic N) is 3. The van der Waals surface area contributed by atoms with Crippen molar-refractivity contribution in [1.82, 2.24) is 9.80 Å². The standard InChI is InChI=1S/C31H39N3O3/c35-31(26-5-7-27(8-6-26)33-19-21-36-22-20-33)34-17-10-24(11-18-34)9-14-32-15-12-25(13-16-32)29-23-37-30-4-2-1-3-28(29)30/h1-8,23-25H,9-22H2. The molecular weight excluding hydrogens is 462 g/mol. The number of ether oxygens (including phenoxy) is 1. The summed E-state index contributed by atoms with van der Waals surface area (Å²) in [6, 6.07) is 16.6. The van der Waals surface area contributed by atoms with E-state index in [9.17, 15) is 4.79 Å². The Labute approximate surface area is 220 Å². The summed E-state index contributed by atoms with van der Waals surface area (Å²) < 4.78 is 11.2. The van der Waals surface area contributed by atoms with Crippen molar-refractivity contribution in [3.8, 4) is 0 Å². The average Bonchev–Trinajstić information content (AvgIpc) is 3.41. The van der Waals surface area contributed by atoms with E-state index in [-0.39, 0.29) is 5.91 Å². The number of rotatable bonds is 6. The summed E-state index contributed by atoms with van der Waals surface area (Å²) in [5.41, 5.74) is 4.39. The number of para-hydroxylation sites is 1. The number of amides is 1. The number of morpholine rings is 1. The number of benzene rings is 2. The van der Waals surface area contributed by atoms with Crippen molar-refractivity contribution in [2.45, 2.75) is 38.0 Å². The molecule has 3 saturated heterocycles. The monoisotopic (exact) mass is 501 g/mol. The van der Waals surface area contributed by atoms with Gasteiger partial charge in [-0.3, -0.25) is 4.79 Å². The second-order valence-electron chi connectivity index (χ2n) is 11.0. The zero-order valence-corrected chi connectivity index (χ0v) is 21.8. The summed E-state index contributed by atoms with van der Waals surface area (Å²) in [6.45, 7) is 8.66. The van der Waals surface area contributed by atoms with Crippen molar-refractivity contribution in [3.05, 3.63) is 65.9 Å². The average molecular weight is 502 g/mol. The van der Waals surface area contributed by atoms with E-state index in [1.54, 1.807) is 0 Å². The van der Waals surface area contributed by atoms with Gasteiger partial charge in [-0.15, -0.1) is 0 Å². The highest BCUT2D eigenvalue weighted by atomic mass is 16.5. The van der Waals surface area contributed by atoms with Crippen LogP contribution < -0.4 is 4.90 Å². The van der Waals surface area contributed by atoms with Crippen LogP contribution in [0.2, 0.25) is 0 Å². The normalized spacial score (nSPS) is 20.5. The molecule has 3 aromatic rings. The Kier molecular flexibility index (Phi) is 7.47. The predicted octanol–water partition coefficient (Wildman–Crippen LogP) is 5.39. The Bertz CT molecular complexity index is 1170. The molecule has 6 nitrogen and oxygen atoms in total. The molecule has 0 atom stereocenters. The second kappa shape index (κ2) is 11.3. The fourth-order valence-electron chi connectivity index (χ4n) is 6.39. The number of furan rings is 1. The maximum atomic E-state index is 13.1. The van der Waals surface area contributed by atoms with Crippen LogP contribution in [0.1, 0.15) is 53.9 Å². The van der Waals surface area contributed by atoms with Crippen LogP contribution >= 0.6 is 0 Å². The minimum atomic E-state index is 0.181. The van der Waals surface area contributed by atoms with Crippen molar-refractivity contribution < 1.29 is 13.9 Å². The number of carbonyl (C=O) groups is 1. The molecule has 0 bridgehead atoms. The van der Waals surface area contributed by atoms with E-state index in [2.05, 4.69) is 45.0 Å². The van der Waals surface area contributed by atoms with Crippen molar-refractivity contribution in [3.63, 3.8) is 0 Å². The van der Waals surface area contributed by atoms with E-state index in [4.69, 9.17) is 9.15 Å². The summed E-state index contributed by atoms with van der Waals surface area (Å²) in [4.78, 5) is 20.1. The lowest BCUT2D eigenvalue weighted by Crippen LogP contribution is -2.40. The van der Waals surface area contributed by atoms with Crippen LogP contribution in [0.4, 0.5) is 5.69 Å². The number of fused-ring (bicyclic) bond motifs is 1. The molecule has 3 aliphatic heterocycles. The van der Waals surface area contributed by atoms with Gasteiger partial charge in [0.1, 0.15) is 5.58 Å². The lowest BCUT2D eigenvalue weighted by Gasteiger charge is -2.35. The number of hydrogen-bond donors (Lipinski definition) is 0. The summed E-state index contributed by atoms with van der Waals surface area (Å²) in [6.07, 6.45) is 7.89. The number of anilines is 1. The van der Waals surface area contributed by atoms with Crippen LogP contribution in [0.25, 0.3) is 11.0 Å². The fraction of sp³-hybridized carbons (Fsp3) is 0.516. The molecular formula is C31H39N3O3. The van der Waals surface area contributed by atoms with Gasteiger partial charge in [0.25, 0.3) is 5.91 Å². The highest BCUT2D eigenvalue weighted by molar-refractivity contribution is 5.94. The zero-order valence-electron chi connectivity index (χ0n) is 21.8. The predicted molar refractivity (Wildman–Crippen MR) is 147 cm³/mol. The molecule has 37 heavy (non-hydrogen) atoms. The Morgan fingerprint density at radius 1 is 0.838 bits per heavy atom. The molecule has 6 rings (SSSR count). The van der Waals surface area contributed by atoms with Crippen LogP contribution in [-0.4, -0.2) is 74.7 Å². The molecule has 1 amide bonds. The molecule has 0 aliphatic carbocycles. The van der Waals surface area contributed by atoms with Crippen LogP contribution in [0.15, 0.2) is 59.2 Å². The Morgan fingerprint density at radius 3 is 2.32 bits per heavy atom. The van der Waals surface area contributed by atoms with E-state index in [0.29, 0.717) is 5.92 Å². The number of piperidine rings is 2. The highest BCUT2D eigenvalue weighted by Crippen LogP contribution is 2.34. The van der Waals surface area contributed by atoms with Gasteiger partial charge in [-0.05, 0) is 93.9 Å². The van der Waals surface area contributed by atoms with Gasteiger partial charge in [0.15, 0.2) is 0 Å². The van der Waals surface area contributed by atoms with Gasteiger partial charge in [-0.25, -0.2) is 0 Å². The fourth-order valence-corrected chi connectivity index (χ4v) is 6.39. The molecule has 0 unspecified atom stereocenters. The maximum absolute atomic E-state index is 13.1. The quantitative estimate of drug-likeness (QED) is 0.453. The van der Waals surface area contributed by atoms with Crippen LogP contribution in [0, 0.1) is 5.92 Å². The first-order valence-electron chi connectivity index (χ1n) is 14.1. The van der Waals surface area contributed by atoms with E-state index in [1.807, 2.05) is 24.5 Å². The Morgan fingerprint density at radius 2 is 1.57 bits per heavy atom. The zero-order chi connectivity index (χ0) is 25.0. The third-order valence-electron chi connectivity index (χ3n) is 8.78. The second-order valence-corrected chi connectivity index (χ2v) is 11.0. The molecule has 2 aromatic carbocycles. The third kappa shape index (κ3) is 5.55. The summed E-state index contributed by atoms with van der Waals surface area (Å²) in [5, 5.41) is 1.29. The number of carbonyl (C=O) groups excluding carboxylic acids is 1.